The van der Waals surface area contributed by atoms with Crippen LogP contribution >= 0.6 is 24.0 Å². The largest absolute Gasteiger partial charge is 0.355 e. The van der Waals surface area contributed by atoms with Gasteiger partial charge in [0.25, 0.3) is 0 Å². The van der Waals surface area contributed by atoms with Gasteiger partial charge in [0, 0.05) is 31.7 Å². The fourth-order valence-electron chi connectivity index (χ4n) is 2.17. The lowest BCUT2D eigenvalue weighted by molar-refractivity contribution is 0.599. The van der Waals surface area contributed by atoms with Crippen LogP contribution in [-0.2, 0) is 19.5 Å². The SMILES string of the molecule is CCc1nncn1CCNC(=NCc1ccccn1)NC(C)CC.I. The third kappa shape index (κ3) is 7.37. The van der Waals surface area contributed by atoms with E-state index in [0.717, 1.165) is 43.4 Å². The molecular formula is C17H28IN7. The Hall–Kier alpha value is -1.71. The summed E-state index contributed by atoms with van der Waals surface area (Å²) in [6, 6.07) is 6.23. The lowest BCUT2D eigenvalue weighted by atomic mass is 10.3. The number of halogens is 1. The van der Waals surface area contributed by atoms with Crippen LogP contribution in [0.4, 0.5) is 0 Å². The molecule has 0 aliphatic carbocycles. The predicted molar refractivity (Wildman–Crippen MR) is 111 cm³/mol. The third-order valence-electron chi connectivity index (χ3n) is 3.78. The number of rotatable bonds is 8. The van der Waals surface area contributed by atoms with E-state index in [4.69, 9.17) is 0 Å². The summed E-state index contributed by atoms with van der Waals surface area (Å²) >= 11 is 0. The van der Waals surface area contributed by atoms with Crippen molar-refractivity contribution in [3.05, 3.63) is 42.2 Å². The molecule has 0 bridgehead atoms. The minimum atomic E-state index is 0. The predicted octanol–water partition coefficient (Wildman–Crippen LogP) is 2.39. The average molecular weight is 457 g/mol. The smallest absolute Gasteiger partial charge is 0.191 e. The second kappa shape index (κ2) is 11.8. The van der Waals surface area contributed by atoms with E-state index in [1.54, 1.807) is 12.5 Å². The first kappa shape index (κ1) is 21.3. The van der Waals surface area contributed by atoms with E-state index in [9.17, 15) is 0 Å². The fraction of sp³-hybridized carbons (Fsp3) is 0.529. The Labute approximate surface area is 166 Å². The summed E-state index contributed by atoms with van der Waals surface area (Å²) < 4.78 is 2.06. The van der Waals surface area contributed by atoms with Gasteiger partial charge >= 0.3 is 0 Å². The molecular weight excluding hydrogens is 429 g/mol. The van der Waals surface area contributed by atoms with Crippen LogP contribution in [0.15, 0.2) is 35.7 Å². The molecule has 0 saturated heterocycles. The molecule has 0 aliphatic heterocycles. The Kier molecular flexibility index (Phi) is 10.0. The van der Waals surface area contributed by atoms with E-state index in [1.165, 1.54) is 0 Å². The molecule has 2 aromatic rings. The Balaban J connectivity index is 0.00000312. The Morgan fingerprint density at radius 3 is 2.84 bits per heavy atom. The number of nitrogens with zero attached hydrogens (tertiary/aromatic N) is 5. The number of aliphatic imine (C=N–C) groups is 1. The monoisotopic (exact) mass is 457 g/mol. The lowest BCUT2D eigenvalue weighted by Gasteiger charge is -2.17. The topological polar surface area (TPSA) is 80.0 Å². The molecule has 2 aromatic heterocycles. The van der Waals surface area contributed by atoms with Gasteiger partial charge in [-0.05, 0) is 25.5 Å². The number of aromatic nitrogens is 4. The van der Waals surface area contributed by atoms with Gasteiger partial charge in [-0.25, -0.2) is 4.99 Å². The van der Waals surface area contributed by atoms with Gasteiger partial charge in [-0.2, -0.15) is 0 Å². The van der Waals surface area contributed by atoms with Crippen LogP contribution in [0.5, 0.6) is 0 Å². The van der Waals surface area contributed by atoms with Crippen molar-refractivity contribution in [2.24, 2.45) is 4.99 Å². The molecule has 1 atom stereocenters. The number of hydrogen-bond donors (Lipinski definition) is 2. The molecule has 138 valence electrons. The highest BCUT2D eigenvalue weighted by Crippen LogP contribution is 1.97. The summed E-state index contributed by atoms with van der Waals surface area (Å²) in [5.41, 5.74) is 0.954. The molecule has 7 nitrogen and oxygen atoms in total. The van der Waals surface area contributed by atoms with Crippen LogP contribution in [0, 0.1) is 0 Å². The standard InChI is InChI=1S/C17H27N7.HI/c1-4-14(3)22-17(20-12-15-8-6-7-9-18-15)19-10-11-24-13-21-23-16(24)5-2;/h6-9,13-14H,4-5,10-12H2,1-3H3,(H2,19,20,22);1H. The number of nitrogens with one attached hydrogen (secondary N) is 2. The van der Waals surface area contributed by atoms with Crippen LogP contribution < -0.4 is 10.6 Å². The van der Waals surface area contributed by atoms with Gasteiger partial charge in [-0.3, -0.25) is 4.98 Å². The summed E-state index contributed by atoms with van der Waals surface area (Å²) in [6.07, 6.45) is 5.48. The zero-order valence-corrected chi connectivity index (χ0v) is 17.5. The van der Waals surface area contributed by atoms with Gasteiger partial charge in [0.15, 0.2) is 5.96 Å². The molecule has 2 heterocycles. The molecule has 25 heavy (non-hydrogen) atoms. The second-order valence-electron chi connectivity index (χ2n) is 5.66. The van der Waals surface area contributed by atoms with E-state index in [-0.39, 0.29) is 24.0 Å². The first-order valence-electron chi connectivity index (χ1n) is 8.54. The Morgan fingerprint density at radius 2 is 2.16 bits per heavy atom. The molecule has 0 aliphatic rings. The Bertz CT molecular complexity index is 627. The summed E-state index contributed by atoms with van der Waals surface area (Å²) in [5, 5.41) is 14.9. The molecule has 0 spiro atoms. The highest BCUT2D eigenvalue weighted by atomic mass is 127. The maximum Gasteiger partial charge on any atom is 0.191 e. The van der Waals surface area contributed by atoms with E-state index in [2.05, 4.69) is 56.1 Å². The van der Waals surface area contributed by atoms with Crippen molar-refractivity contribution in [2.75, 3.05) is 6.54 Å². The molecule has 2 N–H and O–H groups in total. The van der Waals surface area contributed by atoms with Gasteiger partial charge in [0.1, 0.15) is 12.2 Å². The molecule has 0 saturated carbocycles. The molecule has 0 radical (unpaired) electrons. The quantitative estimate of drug-likeness (QED) is 0.362. The van der Waals surface area contributed by atoms with Crippen molar-refractivity contribution >= 4 is 29.9 Å². The van der Waals surface area contributed by atoms with Crippen molar-refractivity contribution in [1.82, 2.24) is 30.4 Å². The van der Waals surface area contributed by atoms with Crippen molar-refractivity contribution in [1.29, 1.82) is 0 Å². The first-order chi connectivity index (χ1) is 11.7. The molecule has 0 fully saturated rings. The van der Waals surface area contributed by atoms with Crippen LogP contribution in [-0.4, -0.2) is 38.3 Å². The van der Waals surface area contributed by atoms with Crippen molar-refractivity contribution in [2.45, 2.75) is 52.7 Å². The zero-order valence-electron chi connectivity index (χ0n) is 15.1. The Morgan fingerprint density at radius 1 is 1.32 bits per heavy atom. The van der Waals surface area contributed by atoms with Crippen molar-refractivity contribution in [3.8, 4) is 0 Å². The van der Waals surface area contributed by atoms with Crippen LogP contribution in [0.1, 0.15) is 38.7 Å². The minimum Gasteiger partial charge on any atom is -0.355 e. The number of guanidine groups is 1. The maximum atomic E-state index is 4.63. The highest BCUT2D eigenvalue weighted by Gasteiger charge is 2.05. The third-order valence-corrected chi connectivity index (χ3v) is 3.78. The second-order valence-corrected chi connectivity index (χ2v) is 5.66. The van der Waals surface area contributed by atoms with Crippen molar-refractivity contribution in [3.63, 3.8) is 0 Å². The van der Waals surface area contributed by atoms with E-state index >= 15 is 0 Å². The molecule has 0 aromatic carbocycles. The van der Waals surface area contributed by atoms with Crippen LogP contribution in [0.2, 0.25) is 0 Å². The summed E-state index contributed by atoms with van der Waals surface area (Å²) in [5.74, 6) is 1.81. The van der Waals surface area contributed by atoms with E-state index in [1.807, 2.05) is 18.2 Å². The van der Waals surface area contributed by atoms with Gasteiger partial charge in [-0.15, -0.1) is 34.2 Å². The van der Waals surface area contributed by atoms with Gasteiger partial charge in [0.05, 0.1) is 12.2 Å². The number of hydrogen-bond acceptors (Lipinski definition) is 4. The van der Waals surface area contributed by atoms with Crippen LogP contribution in [0.3, 0.4) is 0 Å². The van der Waals surface area contributed by atoms with E-state index in [0.29, 0.717) is 12.6 Å². The normalized spacial score (nSPS) is 12.4. The minimum absolute atomic E-state index is 0. The maximum absolute atomic E-state index is 4.63. The number of pyridine rings is 1. The molecule has 2 rings (SSSR count). The van der Waals surface area contributed by atoms with Crippen molar-refractivity contribution < 1.29 is 0 Å². The summed E-state index contributed by atoms with van der Waals surface area (Å²) in [7, 11) is 0. The van der Waals surface area contributed by atoms with E-state index < -0.39 is 0 Å². The summed E-state index contributed by atoms with van der Waals surface area (Å²) in [6.45, 7) is 8.50. The van der Waals surface area contributed by atoms with Gasteiger partial charge in [0.2, 0.25) is 0 Å². The van der Waals surface area contributed by atoms with Crippen LogP contribution in [0.25, 0.3) is 0 Å². The van der Waals surface area contributed by atoms with Gasteiger partial charge in [-0.1, -0.05) is 19.9 Å². The summed E-state index contributed by atoms with van der Waals surface area (Å²) in [4.78, 5) is 8.95. The average Bonchev–Trinajstić information content (AvgIpc) is 3.07. The fourth-order valence-corrected chi connectivity index (χ4v) is 2.17. The highest BCUT2D eigenvalue weighted by molar-refractivity contribution is 14.0. The molecule has 1 unspecified atom stereocenters. The number of aryl methyl sites for hydroxylation is 1. The van der Waals surface area contributed by atoms with Gasteiger partial charge < -0.3 is 15.2 Å². The molecule has 0 amide bonds. The lowest BCUT2D eigenvalue weighted by Crippen LogP contribution is -2.43. The molecule has 8 heteroatoms. The first-order valence-corrected chi connectivity index (χ1v) is 8.54. The zero-order chi connectivity index (χ0) is 17.2.